The van der Waals surface area contributed by atoms with E-state index in [0.29, 0.717) is 0 Å². The average Bonchev–Trinajstić information content (AvgIpc) is 2.87. The Morgan fingerprint density at radius 2 is 0.762 bits per heavy atom. The van der Waals surface area contributed by atoms with E-state index in [1.807, 2.05) is 0 Å². The first-order chi connectivity index (χ1) is 19.2. The summed E-state index contributed by atoms with van der Waals surface area (Å²) in [6.45, 7) is 12.8. The molecule has 0 saturated heterocycles. The highest BCUT2D eigenvalue weighted by Crippen LogP contribution is 2.66. The van der Waals surface area contributed by atoms with E-state index in [4.69, 9.17) is 11.8 Å². The van der Waals surface area contributed by atoms with Gasteiger partial charge in [-0.15, -0.1) is 0 Å². The summed E-state index contributed by atoms with van der Waals surface area (Å²) in [4.78, 5) is 3.08. The Hall–Kier alpha value is -1.88. The third-order valence-electron chi connectivity index (χ3n) is 6.11. The highest BCUT2D eigenvalue weighted by molar-refractivity contribution is 8.29. The fourth-order valence-electron chi connectivity index (χ4n) is 4.89. The molecule has 2 aromatic rings. The molecule has 0 heterocycles. The van der Waals surface area contributed by atoms with Crippen LogP contribution in [0.2, 0.25) is 0 Å². The minimum atomic E-state index is -4.14. The van der Waals surface area contributed by atoms with Gasteiger partial charge in [0.05, 0.1) is 18.5 Å². The third kappa shape index (κ3) is 5.93. The number of nitrogens with zero attached hydrogens (tertiary/aromatic N) is 4. The number of hydrogen-bond donors (Lipinski definition) is 0. The molecule has 0 N–H and O–H groups in total. The second kappa shape index (κ2) is 13.4. The van der Waals surface area contributed by atoms with Crippen molar-refractivity contribution in [2.45, 2.75) is 79.6 Å². The van der Waals surface area contributed by atoms with E-state index in [9.17, 15) is 31.9 Å². The summed E-state index contributed by atoms with van der Waals surface area (Å²) < 4.78 is 151. The molecule has 234 valence electrons. The first-order valence-electron chi connectivity index (χ1n) is 12.4. The lowest BCUT2D eigenvalue weighted by Gasteiger charge is -2.48. The molecule has 0 bridgehead atoms. The van der Waals surface area contributed by atoms with E-state index in [1.165, 1.54) is 9.34 Å². The van der Waals surface area contributed by atoms with Gasteiger partial charge in [-0.25, -0.2) is 53.2 Å². The topological polar surface area (TPSA) is 42.9 Å². The molecule has 0 amide bonds. The maximum atomic E-state index is 15.4. The van der Waals surface area contributed by atoms with Gasteiger partial charge in [-0.05, 0) is 55.4 Å². The van der Waals surface area contributed by atoms with E-state index >= 15 is 17.6 Å². The van der Waals surface area contributed by atoms with Gasteiger partial charge in [-0.3, -0.25) is 0 Å². The Labute approximate surface area is 243 Å². The SMILES string of the molecule is CC(C)N(C(C)C)P(=S)(C(=[N+]=[N-])P(c1c(F)c(F)c(F)c(F)c1F)c1c(F)c(F)c(F)c(F)c1F)N(C(C)C)C(C)C. The minimum Gasteiger partial charge on any atom is -0.361 e. The largest absolute Gasteiger partial charge is 0.361 e. The lowest BCUT2D eigenvalue weighted by atomic mass is 10.3. The summed E-state index contributed by atoms with van der Waals surface area (Å²) in [5.41, 5.74) is 10.4. The van der Waals surface area contributed by atoms with Crippen molar-refractivity contribution < 1.29 is 48.7 Å². The second-order valence-electron chi connectivity index (χ2n) is 10.3. The highest BCUT2D eigenvalue weighted by atomic mass is 32.4. The molecule has 0 saturated carbocycles. The molecule has 0 atom stereocenters. The van der Waals surface area contributed by atoms with Gasteiger partial charge in [0.15, 0.2) is 52.9 Å². The molecule has 17 heteroatoms. The monoisotopic (exact) mass is 668 g/mol. The van der Waals surface area contributed by atoms with Gasteiger partial charge in [-0.2, -0.15) is 4.79 Å². The highest BCUT2D eigenvalue weighted by Gasteiger charge is 2.55. The fraction of sp³-hybridized carbons (Fsp3) is 0.480. The van der Waals surface area contributed by atoms with Crippen molar-refractivity contribution in [1.82, 2.24) is 9.34 Å². The summed E-state index contributed by atoms with van der Waals surface area (Å²) in [5.74, 6) is -26.0. The van der Waals surface area contributed by atoms with Crippen LogP contribution in [0, 0.1) is 58.2 Å². The van der Waals surface area contributed by atoms with Crippen molar-refractivity contribution in [2.75, 3.05) is 0 Å². The first kappa shape index (κ1) is 36.3. The predicted octanol–water partition coefficient (Wildman–Crippen LogP) is 7.64. The summed E-state index contributed by atoms with van der Waals surface area (Å²) >= 11 is 6.08. The molecule has 0 radical (unpaired) electrons. The Morgan fingerprint density at radius 3 is 0.952 bits per heavy atom. The zero-order valence-electron chi connectivity index (χ0n) is 23.7. The van der Waals surface area contributed by atoms with E-state index in [1.54, 1.807) is 55.4 Å². The zero-order chi connectivity index (χ0) is 32.8. The van der Waals surface area contributed by atoms with Crippen molar-refractivity contribution >= 4 is 41.9 Å². The smallest absolute Gasteiger partial charge is 0.352 e. The van der Waals surface area contributed by atoms with Gasteiger partial charge in [0.25, 0.3) is 0 Å². The van der Waals surface area contributed by atoms with E-state index in [-0.39, 0.29) is 0 Å². The predicted molar refractivity (Wildman–Crippen MR) is 146 cm³/mol. The van der Waals surface area contributed by atoms with E-state index < -0.39 is 112 Å². The molecule has 0 spiro atoms. The molecule has 2 rings (SSSR count). The molecule has 0 aliphatic carbocycles. The van der Waals surface area contributed by atoms with Crippen LogP contribution >= 0.6 is 14.3 Å². The van der Waals surface area contributed by atoms with Crippen LogP contribution in [-0.4, -0.2) is 43.5 Å². The summed E-state index contributed by atoms with van der Waals surface area (Å²) in [7, 11) is -4.07. The van der Waals surface area contributed by atoms with Crippen LogP contribution in [0.15, 0.2) is 0 Å². The van der Waals surface area contributed by atoms with Crippen LogP contribution in [0.5, 0.6) is 0 Å². The number of rotatable bonds is 10. The third-order valence-corrected chi connectivity index (χ3v) is 15.5. The molecule has 2 aromatic carbocycles. The first-order valence-corrected chi connectivity index (χ1v) is 16.5. The number of hydrogen-bond acceptors (Lipinski definition) is 1. The molecule has 0 unspecified atom stereocenters. The van der Waals surface area contributed by atoms with Crippen molar-refractivity contribution in [3.8, 4) is 0 Å². The molecular formula is C25H28F10N4P2S. The van der Waals surface area contributed by atoms with Crippen molar-refractivity contribution in [3.63, 3.8) is 0 Å². The Morgan fingerprint density at radius 1 is 0.548 bits per heavy atom. The van der Waals surface area contributed by atoms with Crippen molar-refractivity contribution in [1.29, 1.82) is 0 Å². The van der Waals surface area contributed by atoms with E-state index in [2.05, 4.69) is 4.79 Å². The Bertz CT molecular complexity index is 1310. The Kier molecular flexibility index (Phi) is 11.6. The normalized spacial score (nSPS) is 12.7. The van der Waals surface area contributed by atoms with Crippen molar-refractivity contribution in [2.24, 2.45) is 0 Å². The summed E-state index contributed by atoms with van der Waals surface area (Å²) in [5, 5.41) is -4.98. The second-order valence-corrected chi connectivity index (χ2v) is 16.6. The number of halogens is 10. The lowest BCUT2D eigenvalue weighted by molar-refractivity contribution is 0.00313. The van der Waals surface area contributed by atoms with Crippen LogP contribution < -0.4 is 10.6 Å². The van der Waals surface area contributed by atoms with Crippen molar-refractivity contribution in [3.05, 3.63) is 63.7 Å². The van der Waals surface area contributed by atoms with Gasteiger partial charge in [0.2, 0.25) is 11.6 Å². The lowest BCUT2D eigenvalue weighted by Crippen LogP contribution is -2.48. The van der Waals surface area contributed by atoms with Crippen LogP contribution in [-0.2, 0) is 11.8 Å². The fourth-order valence-corrected chi connectivity index (χ4v) is 15.4. The van der Waals surface area contributed by atoms with E-state index in [0.717, 1.165) is 0 Å². The molecule has 4 nitrogen and oxygen atoms in total. The molecule has 42 heavy (non-hydrogen) atoms. The van der Waals surface area contributed by atoms with Crippen LogP contribution in [0.1, 0.15) is 55.4 Å². The van der Waals surface area contributed by atoms with Gasteiger partial charge < -0.3 is 5.53 Å². The summed E-state index contributed by atoms with van der Waals surface area (Å²) in [6, 6.07) is -2.45. The maximum Gasteiger partial charge on any atom is 0.352 e. The number of benzene rings is 2. The van der Waals surface area contributed by atoms with Gasteiger partial charge in [0, 0.05) is 24.2 Å². The standard InChI is InChI=1S/C25H28F10N4P2S/c1-9(2)38(10(3)4)41(42,39(11(5)6)12(7)8)25(37-36)40(23-19(32)15(28)13(26)16(29)20(23)33)24-21(34)17(30)14(27)18(31)22(24)35/h9-12H,1-8H3. The maximum absolute atomic E-state index is 15.4. The minimum absolute atomic E-state index is 0.614. The van der Waals surface area contributed by atoms with Crippen LogP contribution in [0.25, 0.3) is 5.53 Å². The molecule has 0 fully saturated rings. The van der Waals surface area contributed by atoms with Gasteiger partial charge >= 0.3 is 5.19 Å². The van der Waals surface area contributed by atoms with Crippen LogP contribution in [0.4, 0.5) is 43.9 Å². The quantitative estimate of drug-likeness (QED) is 0.0498. The Balaban J connectivity index is 3.41. The summed E-state index contributed by atoms with van der Waals surface area (Å²) in [6.07, 6.45) is -4.14. The zero-order valence-corrected chi connectivity index (χ0v) is 26.3. The molecule has 0 aliphatic rings. The van der Waals surface area contributed by atoms with Crippen LogP contribution in [0.3, 0.4) is 0 Å². The molecular weight excluding hydrogens is 640 g/mol. The molecule has 0 aliphatic heterocycles. The van der Waals surface area contributed by atoms with Gasteiger partial charge in [-0.1, -0.05) is 11.8 Å². The van der Waals surface area contributed by atoms with Gasteiger partial charge in [0.1, 0.15) is 0 Å². The average molecular weight is 669 g/mol. The molecule has 0 aromatic heterocycles.